The molecule has 0 unspecified atom stereocenters. The van der Waals surface area contributed by atoms with Gasteiger partial charge >= 0.3 is 0 Å². The topological polar surface area (TPSA) is 8.17 Å². The molecule has 0 spiro atoms. The van der Waals surface area contributed by atoms with Crippen LogP contribution in [0, 0.1) is 11.6 Å². The molecule has 0 atom stereocenters. The minimum absolute atomic E-state index is 0.468. The van der Waals surface area contributed by atoms with E-state index in [1.54, 1.807) is 0 Å². The highest BCUT2D eigenvalue weighted by molar-refractivity contribution is 6.25. The molecule has 0 saturated carbocycles. The number of anilines is 3. The summed E-state index contributed by atoms with van der Waals surface area (Å²) in [6.45, 7) is 0. The maximum absolute atomic E-state index is 14.4. The number of benzene rings is 9. The summed E-state index contributed by atoms with van der Waals surface area (Å²) in [7, 11) is 0. The Bertz CT molecular complexity index is 2920. The van der Waals surface area contributed by atoms with E-state index in [0.717, 1.165) is 66.8 Å². The molecule has 0 N–H and O–H groups in total. The first-order chi connectivity index (χ1) is 25.6. The van der Waals surface area contributed by atoms with Crippen LogP contribution in [0.3, 0.4) is 0 Å². The molecular weight excluding hydrogens is 643 g/mol. The first kappa shape index (κ1) is 30.1. The van der Waals surface area contributed by atoms with Crippen LogP contribution >= 0.6 is 0 Å². The highest BCUT2D eigenvalue weighted by atomic mass is 19.1. The van der Waals surface area contributed by atoms with Crippen molar-refractivity contribution < 1.29 is 8.78 Å². The average Bonchev–Trinajstić information content (AvgIpc) is 3.52. The summed E-state index contributed by atoms with van der Waals surface area (Å²) in [4.78, 5) is 2.29. The Morgan fingerprint density at radius 1 is 0.423 bits per heavy atom. The van der Waals surface area contributed by atoms with E-state index in [0.29, 0.717) is 5.69 Å². The lowest BCUT2D eigenvalue weighted by Crippen LogP contribution is -2.09. The number of fused-ring (bicyclic) bond motifs is 3. The second-order valence-electron chi connectivity index (χ2n) is 13.3. The molecule has 2 nitrogen and oxygen atoms in total. The van der Waals surface area contributed by atoms with E-state index in [1.807, 2.05) is 28.8 Å². The average molecular weight is 673 g/mol. The number of hydrogen-bond donors (Lipinski definition) is 0. The molecule has 4 heteroatoms. The van der Waals surface area contributed by atoms with Crippen LogP contribution in [0.25, 0.3) is 72.0 Å². The second kappa shape index (κ2) is 11.9. The van der Waals surface area contributed by atoms with Crippen molar-refractivity contribution in [1.29, 1.82) is 0 Å². The van der Waals surface area contributed by atoms with Gasteiger partial charge < -0.3 is 9.47 Å². The van der Waals surface area contributed by atoms with Crippen LogP contribution in [0.15, 0.2) is 170 Å². The Kier molecular flexibility index (Phi) is 6.90. The Hall–Kier alpha value is -6.78. The van der Waals surface area contributed by atoms with E-state index in [9.17, 15) is 8.78 Å². The highest BCUT2D eigenvalue weighted by Crippen LogP contribution is 2.41. The third-order valence-electron chi connectivity index (χ3n) is 10.2. The highest BCUT2D eigenvalue weighted by Gasteiger charge is 2.19. The zero-order valence-corrected chi connectivity index (χ0v) is 28.0. The largest absolute Gasteiger partial charge is 0.310 e. The van der Waals surface area contributed by atoms with Crippen molar-refractivity contribution in [3.05, 3.63) is 193 Å². The summed E-state index contributed by atoms with van der Waals surface area (Å²) in [6, 6.07) is 56.9. The van der Waals surface area contributed by atoms with Gasteiger partial charge in [-0.1, -0.05) is 109 Å². The zero-order valence-electron chi connectivity index (χ0n) is 28.0. The molecule has 0 amide bonds. The molecule has 0 aliphatic rings. The van der Waals surface area contributed by atoms with E-state index >= 15 is 0 Å². The van der Waals surface area contributed by atoms with Crippen LogP contribution in [0.2, 0.25) is 0 Å². The molecule has 0 bridgehead atoms. The molecule has 1 heterocycles. The van der Waals surface area contributed by atoms with Gasteiger partial charge in [-0.05, 0) is 110 Å². The lowest BCUT2D eigenvalue weighted by Gasteiger charge is -2.25. The number of para-hydroxylation sites is 2. The SMILES string of the molecule is Fc1cc(F)cc(-n2c3cccc4ccc5c(/C=C/c6ccc7c(ccc8cc(N(c9ccccc9)c9ccccc9)ccc87)c6)ccc2c5c43)c1. The molecule has 246 valence electrons. The van der Waals surface area contributed by atoms with Crippen LogP contribution < -0.4 is 4.90 Å². The van der Waals surface area contributed by atoms with Crippen molar-refractivity contribution in [3.63, 3.8) is 0 Å². The van der Waals surface area contributed by atoms with E-state index in [1.165, 1.54) is 33.7 Å². The van der Waals surface area contributed by atoms with E-state index in [-0.39, 0.29) is 0 Å². The van der Waals surface area contributed by atoms with Crippen molar-refractivity contribution in [3.8, 4) is 5.69 Å². The van der Waals surface area contributed by atoms with E-state index < -0.39 is 11.6 Å². The standard InChI is InChI=1S/C48H30F2N2/c49-36-28-37(50)30-41(29-36)52-45-13-7-8-33-19-23-44-32(20-25-46(52)48(44)47(33)45)16-14-31-15-22-42-34(26-31)17-18-35-27-40(21-24-43(35)42)51(38-9-3-1-4-10-38)39-11-5-2-6-12-39/h1-30H/b16-14+. The summed E-state index contributed by atoms with van der Waals surface area (Å²) in [5, 5.41) is 9.14. The molecule has 1 aromatic heterocycles. The molecule has 10 rings (SSSR count). The number of hydrogen-bond acceptors (Lipinski definition) is 1. The summed E-state index contributed by atoms with van der Waals surface area (Å²) < 4.78 is 30.7. The number of aromatic nitrogens is 1. The minimum Gasteiger partial charge on any atom is -0.310 e. The van der Waals surface area contributed by atoms with Gasteiger partial charge in [-0.2, -0.15) is 0 Å². The zero-order chi connectivity index (χ0) is 34.8. The number of rotatable bonds is 6. The normalized spacial score (nSPS) is 12.0. The monoisotopic (exact) mass is 672 g/mol. The van der Waals surface area contributed by atoms with Gasteiger partial charge in [-0.3, -0.25) is 0 Å². The first-order valence-corrected chi connectivity index (χ1v) is 17.4. The fraction of sp³-hybridized carbons (Fsp3) is 0. The van der Waals surface area contributed by atoms with Gasteiger partial charge in [-0.15, -0.1) is 0 Å². The summed E-state index contributed by atoms with van der Waals surface area (Å²) in [5.41, 5.74) is 7.83. The molecule has 0 aliphatic heterocycles. The molecule has 10 aromatic rings. The first-order valence-electron chi connectivity index (χ1n) is 17.4. The predicted octanol–water partition coefficient (Wildman–Crippen LogP) is 13.6. The van der Waals surface area contributed by atoms with Crippen molar-refractivity contribution in [2.75, 3.05) is 4.90 Å². The predicted molar refractivity (Wildman–Crippen MR) is 214 cm³/mol. The van der Waals surface area contributed by atoms with E-state index in [2.05, 4.69) is 144 Å². The molecule has 0 saturated heterocycles. The quantitative estimate of drug-likeness (QED) is 0.126. The van der Waals surface area contributed by atoms with Crippen LogP contribution in [0.4, 0.5) is 25.8 Å². The van der Waals surface area contributed by atoms with Gasteiger partial charge in [-0.25, -0.2) is 8.78 Å². The van der Waals surface area contributed by atoms with Gasteiger partial charge in [0.05, 0.1) is 16.7 Å². The third-order valence-corrected chi connectivity index (χ3v) is 10.2. The maximum Gasteiger partial charge on any atom is 0.128 e. The maximum atomic E-state index is 14.4. The van der Waals surface area contributed by atoms with Gasteiger partial charge in [0, 0.05) is 33.9 Å². The summed E-state index contributed by atoms with van der Waals surface area (Å²) >= 11 is 0. The Morgan fingerprint density at radius 2 is 1.06 bits per heavy atom. The Morgan fingerprint density at radius 3 is 1.79 bits per heavy atom. The van der Waals surface area contributed by atoms with Gasteiger partial charge in [0.15, 0.2) is 0 Å². The van der Waals surface area contributed by atoms with Gasteiger partial charge in [0.2, 0.25) is 0 Å². The Balaban J connectivity index is 1.03. The van der Waals surface area contributed by atoms with Crippen molar-refractivity contribution in [1.82, 2.24) is 4.57 Å². The Labute approximate surface area is 299 Å². The van der Waals surface area contributed by atoms with Gasteiger partial charge in [0.1, 0.15) is 11.6 Å². The molecule has 52 heavy (non-hydrogen) atoms. The molecule has 0 radical (unpaired) electrons. The van der Waals surface area contributed by atoms with Crippen LogP contribution in [-0.2, 0) is 0 Å². The lowest BCUT2D eigenvalue weighted by atomic mass is 9.97. The number of halogens is 2. The molecule has 9 aromatic carbocycles. The van der Waals surface area contributed by atoms with Crippen molar-refractivity contribution >= 4 is 83.3 Å². The van der Waals surface area contributed by atoms with Crippen LogP contribution in [0.5, 0.6) is 0 Å². The third kappa shape index (κ3) is 4.91. The van der Waals surface area contributed by atoms with Crippen molar-refractivity contribution in [2.24, 2.45) is 0 Å². The lowest BCUT2D eigenvalue weighted by molar-refractivity contribution is 0.582. The van der Waals surface area contributed by atoms with Crippen LogP contribution in [-0.4, -0.2) is 4.57 Å². The fourth-order valence-corrected chi connectivity index (χ4v) is 7.91. The summed E-state index contributed by atoms with van der Waals surface area (Å²) in [6.07, 6.45) is 4.32. The second-order valence-corrected chi connectivity index (χ2v) is 13.3. The molecular formula is C48H30F2N2. The fourth-order valence-electron chi connectivity index (χ4n) is 7.91. The minimum atomic E-state index is -0.597. The number of nitrogens with zero attached hydrogens (tertiary/aromatic N) is 2. The smallest absolute Gasteiger partial charge is 0.128 e. The molecule has 0 fully saturated rings. The van der Waals surface area contributed by atoms with Gasteiger partial charge in [0.25, 0.3) is 0 Å². The van der Waals surface area contributed by atoms with Crippen molar-refractivity contribution in [2.45, 2.75) is 0 Å². The summed E-state index contributed by atoms with van der Waals surface area (Å²) in [5.74, 6) is -1.19. The van der Waals surface area contributed by atoms with E-state index in [4.69, 9.17) is 0 Å². The van der Waals surface area contributed by atoms with Crippen LogP contribution in [0.1, 0.15) is 11.1 Å². The molecule has 0 aliphatic carbocycles.